The lowest BCUT2D eigenvalue weighted by Crippen LogP contribution is -2.35. The molecule has 0 saturated heterocycles. The van der Waals surface area contributed by atoms with Crippen LogP contribution in [-0.4, -0.2) is 40.4 Å². The number of carbonyl (C=O) groups is 1. The molecule has 1 aromatic rings. The summed E-state index contributed by atoms with van der Waals surface area (Å²) in [6.07, 6.45) is 2.25. The lowest BCUT2D eigenvalue weighted by Gasteiger charge is -2.19. The van der Waals surface area contributed by atoms with Crippen molar-refractivity contribution in [3.05, 3.63) is 17.0 Å². The number of nitrogens with one attached hydrogen (secondary N) is 1. The zero-order chi connectivity index (χ0) is 13.8. The highest BCUT2D eigenvalue weighted by Crippen LogP contribution is 2.38. The monoisotopic (exact) mass is 282 g/mol. The average Bonchev–Trinajstić information content (AvgIpc) is 3.21. The van der Waals surface area contributed by atoms with Gasteiger partial charge < -0.3 is 10.2 Å². The second kappa shape index (κ2) is 6.19. The number of anilines is 1. The summed E-state index contributed by atoms with van der Waals surface area (Å²) in [6.45, 7) is 5.60. The summed E-state index contributed by atoms with van der Waals surface area (Å²) in [6, 6.07) is 1.66. The topological polar surface area (TPSA) is 58.1 Å². The molecule has 1 saturated carbocycles. The Balaban J connectivity index is 1.97. The highest BCUT2D eigenvalue weighted by atomic mass is 35.5. The van der Waals surface area contributed by atoms with Gasteiger partial charge in [-0.3, -0.25) is 4.79 Å². The quantitative estimate of drug-likeness (QED) is 0.814. The number of carbonyl (C=O) groups excluding carboxylic acids is 1. The molecule has 1 N–H and O–H groups in total. The maximum Gasteiger partial charge on any atom is 0.241 e. The number of aromatic nitrogens is 2. The minimum absolute atomic E-state index is 0.0627. The van der Waals surface area contributed by atoms with Gasteiger partial charge in [-0.05, 0) is 26.7 Å². The number of amides is 1. The normalized spacial score (nSPS) is 14.3. The SMILES string of the molecule is CCN(CC)C(=O)CNc1cc(Cl)nc(C2CC2)n1. The Morgan fingerprint density at radius 1 is 1.42 bits per heavy atom. The number of hydrogen-bond acceptors (Lipinski definition) is 4. The Bertz CT molecular complexity index is 458. The lowest BCUT2D eigenvalue weighted by atomic mass is 10.4. The molecule has 0 unspecified atom stereocenters. The Morgan fingerprint density at radius 2 is 2.11 bits per heavy atom. The lowest BCUT2D eigenvalue weighted by molar-refractivity contribution is -0.128. The third-order valence-corrected chi connectivity index (χ3v) is 3.39. The molecule has 0 bridgehead atoms. The zero-order valence-corrected chi connectivity index (χ0v) is 12.1. The van der Waals surface area contributed by atoms with E-state index < -0.39 is 0 Å². The van der Waals surface area contributed by atoms with Crippen molar-refractivity contribution in [2.45, 2.75) is 32.6 Å². The number of hydrogen-bond donors (Lipinski definition) is 1. The molecule has 5 nitrogen and oxygen atoms in total. The van der Waals surface area contributed by atoms with Crippen molar-refractivity contribution < 1.29 is 4.79 Å². The van der Waals surface area contributed by atoms with Gasteiger partial charge in [-0.25, -0.2) is 9.97 Å². The third-order valence-electron chi connectivity index (χ3n) is 3.19. The maximum atomic E-state index is 11.9. The van der Waals surface area contributed by atoms with Gasteiger partial charge in [0.05, 0.1) is 6.54 Å². The average molecular weight is 283 g/mol. The molecular formula is C13H19ClN4O. The molecule has 0 aliphatic heterocycles. The first-order valence-corrected chi connectivity index (χ1v) is 7.08. The van der Waals surface area contributed by atoms with Gasteiger partial charge in [0.25, 0.3) is 0 Å². The van der Waals surface area contributed by atoms with E-state index in [1.807, 2.05) is 13.8 Å². The predicted octanol–water partition coefficient (Wildman–Crippen LogP) is 2.29. The fourth-order valence-electron chi connectivity index (χ4n) is 1.90. The Kier molecular flexibility index (Phi) is 4.58. The Hall–Kier alpha value is -1.36. The van der Waals surface area contributed by atoms with E-state index >= 15 is 0 Å². The van der Waals surface area contributed by atoms with E-state index in [4.69, 9.17) is 11.6 Å². The van der Waals surface area contributed by atoms with Crippen molar-refractivity contribution in [2.75, 3.05) is 25.0 Å². The summed E-state index contributed by atoms with van der Waals surface area (Å²) in [5.74, 6) is 1.91. The Labute approximate surface area is 118 Å². The summed E-state index contributed by atoms with van der Waals surface area (Å²) in [5, 5.41) is 3.46. The van der Waals surface area contributed by atoms with Crippen LogP contribution in [0.2, 0.25) is 5.15 Å². The molecule has 2 rings (SSSR count). The van der Waals surface area contributed by atoms with Crippen LogP contribution >= 0.6 is 11.6 Å². The predicted molar refractivity (Wildman–Crippen MR) is 75.4 cm³/mol. The van der Waals surface area contributed by atoms with Crippen LogP contribution in [0.3, 0.4) is 0 Å². The molecule has 1 heterocycles. The molecule has 1 amide bonds. The van der Waals surface area contributed by atoms with Gasteiger partial charge >= 0.3 is 0 Å². The van der Waals surface area contributed by atoms with Gasteiger partial charge in [0.2, 0.25) is 5.91 Å². The van der Waals surface area contributed by atoms with Crippen LogP contribution in [0.4, 0.5) is 5.82 Å². The Morgan fingerprint density at radius 3 is 2.68 bits per heavy atom. The minimum atomic E-state index is 0.0627. The molecule has 19 heavy (non-hydrogen) atoms. The number of halogens is 1. The highest BCUT2D eigenvalue weighted by Gasteiger charge is 2.27. The van der Waals surface area contributed by atoms with Gasteiger partial charge in [-0.15, -0.1) is 0 Å². The van der Waals surface area contributed by atoms with Gasteiger partial charge in [0, 0.05) is 25.1 Å². The van der Waals surface area contributed by atoms with Crippen molar-refractivity contribution in [1.29, 1.82) is 0 Å². The molecule has 1 aromatic heterocycles. The van der Waals surface area contributed by atoms with Crippen LogP contribution in [0.15, 0.2) is 6.07 Å². The second-order valence-corrected chi connectivity index (χ2v) is 5.02. The summed E-state index contributed by atoms with van der Waals surface area (Å²) in [7, 11) is 0. The smallest absolute Gasteiger partial charge is 0.241 e. The van der Waals surface area contributed by atoms with Crippen molar-refractivity contribution >= 4 is 23.3 Å². The maximum absolute atomic E-state index is 11.9. The van der Waals surface area contributed by atoms with E-state index in [-0.39, 0.29) is 12.5 Å². The molecule has 1 aliphatic rings. The summed E-state index contributed by atoms with van der Waals surface area (Å²) in [4.78, 5) is 22.3. The number of nitrogens with zero attached hydrogens (tertiary/aromatic N) is 3. The summed E-state index contributed by atoms with van der Waals surface area (Å²) < 4.78 is 0. The van der Waals surface area contributed by atoms with Gasteiger partial charge in [-0.1, -0.05) is 11.6 Å². The minimum Gasteiger partial charge on any atom is -0.361 e. The number of likely N-dealkylation sites (N-methyl/N-ethyl adjacent to an activating group) is 1. The van der Waals surface area contributed by atoms with E-state index in [1.165, 1.54) is 0 Å². The van der Waals surface area contributed by atoms with E-state index in [0.717, 1.165) is 31.8 Å². The highest BCUT2D eigenvalue weighted by molar-refractivity contribution is 6.29. The molecule has 1 aliphatic carbocycles. The van der Waals surface area contributed by atoms with Gasteiger partial charge in [-0.2, -0.15) is 0 Å². The largest absolute Gasteiger partial charge is 0.361 e. The first kappa shape index (κ1) is 14.1. The van der Waals surface area contributed by atoms with Crippen LogP contribution in [0.5, 0.6) is 0 Å². The molecule has 1 fully saturated rings. The second-order valence-electron chi connectivity index (χ2n) is 4.63. The first-order chi connectivity index (χ1) is 9.13. The number of rotatable bonds is 6. The summed E-state index contributed by atoms with van der Waals surface area (Å²) in [5.41, 5.74) is 0. The van der Waals surface area contributed by atoms with E-state index in [2.05, 4.69) is 15.3 Å². The molecule has 0 radical (unpaired) electrons. The molecule has 6 heteroatoms. The third kappa shape index (κ3) is 3.80. The fourth-order valence-corrected chi connectivity index (χ4v) is 2.09. The zero-order valence-electron chi connectivity index (χ0n) is 11.3. The van der Waals surface area contributed by atoms with Crippen molar-refractivity contribution in [2.24, 2.45) is 0 Å². The standard InChI is InChI=1S/C13H19ClN4O/c1-3-18(4-2)12(19)8-15-11-7-10(14)16-13(17-11)9-5-6-9/h7,9H,3-6,8H2,1-2H3,(H,15,16,17). The first-order valence-electron chi connectivity index (χ1n) is 6.70. The van der Waals surface area contributed by atoms with Gasteiger partial charge in [0.15, 0.2) is 0 Å². The molecule has 0 aromatic carbocycles. The van der Waals surface area contributed by atoms with Crippen LogP contribution in [-0.2, 0) is 4.79 Å². The van der Waals surface area contributed by atoms with E-state index in [0.29, 0.717) is 16.9 Å². The fraction of sp³-hybridized carbons (Fsp3) is 0.615. The van der Waals surface area contributed by atoms with Crippen molar-refractivity contribution in [1.82, 2.24) is 14.9 Å². The van der Waals surface area contributed by atoms with Gasteiger partial charge in [0.1, 0.15) is 16.8 Å². The van der Waals surface area contributed by atoms with E-state index in [1.54, 1.807) is 11.0 Å². The molecule has 0 atom stereocenters. The van der Waals surface area contributed by atoms with Crippen LogP contribution in [0, 0.1) is 0 Å². The van der Waals surface area contributed by atoms with Crippen molar-refractivity contribution in [3.8, 4) is 0 Å². The van der Waals surface area contributed by atoms with Crippen LogP contribution in [0.1, 0.15) is 38.4 Å². The molecular weight excluding hydrogens is 264 g/mol. The molecule has 104 valence electrons. The molecule has 0 spiro atoms. The van der Waals surface area contributed by atoms with Crippen LogP contribution < -0.4 is 5.32 Å². The van der Waals surface area contributed by atoms with E-state index in [9.17, 15) is 4.79 Å². The summed E-state index contributed by atoms with van der Waals surface area (Å²) >= 11 is 5.97. The van der Waals surface area contributed by atoms with Crippen molar-refractivity contribution in [3.63, 3.8) is 0 Å². The van der Waals surface area contributed by atoms with Crippen LogP contribution in [0.25, 0.3) is 0 Å².